The number of carbonyl (C=O) groups excluding carboxylic acids is 2. The van der Waals surface area contributed by atoms with Crippen molar-refractivity contribution in [2.24, 2.45) is 0 Å². The van der Waals surface area contributed by atoms with Crippen molar-refractivity contribution < 1.29 is 23.1 Å². The molecule has 4 rings (SSSR count). The maximum absolute atomic E-state index is 14.4. The quantitative estimate of drug-likeness (QED) is 0.340. The van der Waals surface area contributed by atoms with Gasteiger partial charge < -0.3 is 19.7 Å². The van der Waals surface area contributed by atoms with E-state index in [9.17, 15) is 18.4 Å². The number of halogens is 2. The van der Waals surface area contributed by atoms with E-state index in [2.05, 4.69) is 15.4 Å². The molecule has 1 fully saturated rings. The van der Waals surface area contributed by atoms with Crippen molar-refractivity contribution in [1.29, 1.82) is 0 Å². The van der Waals surface area contributed by atoms with Gasteiger partial charge in [0.2, 0.25) is 0 Å². The van der Waals surface area contributed by atoms with Gasteiger partial charge in [0.1, 0.15) is 35.9 Å². The van der Waals surface area contributed by atoms with Crippen LogP contribution in [0.3, 0.4) is 0 Å². The molecule has 0 unspecified atom stereocenters. The summed E-state index contributed by atoms with van der Waals surface area (Å²) >= 11 is 0. The van der Waals surface area contributed by atoms with Crippen molar-refractivity contribution in [3.05, 3.63) is 59.4 Å². The molecule has 0 bridgehead atoms. The first-order valence-electron chi connectivity index (χ1n) is 11.4. The zero-order chi connectivity index (χ0) is 23.9. The van der Waals surface area contributed by atoms with Crippen LogP contribution in [0.1, 0.15) is 54.1 Å². The summed E-state index contributed by atoms with van der Waals surface area (Å²) in [5, 5.41) is 7.10. The lowest BCUT2D eigenvalue weighted by Gasteiger charge is -2.26. The lowest BCUT2D eigenvalue weighted by atomic mass is 10.0. The van der Waals surface area contributed by atoms with E-state index >= 15 is 0 Å². The van der Waals surface area contributed by atoms with Crippen LogP contribution >= 0.6 is 0 Å². The van der Waals surface area contributed by atoms with E-state index in [4.69, 9.17) is 4.74 Å². The molecule has 1 saturated heterocycles. The number of ether oxygens (including phenoxy) is 1. The maximum Gasteiger partial charge on any atom is 0.256 e. The predicted molar refractivity (Wildman–Crippen MR) is 122 cm³/mol. The molecule has 1 atom stereocenters. The SMILES string of the molecule is O=CCOCCCCCNC(=O)c1cnn2ccc(N3CCC[C@@H]3c3cc(F)ccc3F)nc12. The third kappa shape index (κ3) is 5.39. The fourth-order valence-electron chi connectivity index (χ4n) is 4.25. The fraction of sp³-hybridized carbons (Fsp3) is 0.417. The molecule has 0 radical (unpaired) electrons. The molecule has 0 spiro atoms. The Morgan fingerprint density at radius 2 is 2.12 bits per heavy atom. The van der Waals surface area contributed by atoms with Gasteiger partial charge in [-0.25, -0.2) is 18.3 Å². The fourth-order valence-corrected chi connectivity index (χ4v) is 4.25. The number of anilines is 1. The van der Waals surface area contributed by atoms with Crippen molar-refractivity contribution in [2.75, 3.05) is 31.2 Å². The number of nitrogens with one attached hydrogen (secondary N) is 1. The second-order valence-electron chi connectivity index (χ2n) is 8.19. The molecule has 2 aromatic heterocycles. The number of amides is 1. The maximum atomic E-state index is 14.4. The van der Waals surface area contributed by atoms with Crippen molar-refractivity contribution in [3.63, 3.8) is 0 Å². The summed E-state index contributed by atoms with van der Waals surface area (Å²) in [6, 6.07) is 4.94. The van der Waals surface area contributed by atoms with Crippen LogP contribution in [-0.2, 0) is 9.53 Å². The van der Waals surface area contributed by atoms with Gasteiger partial charge in [0.25, 0.3) is 5.91 Å². The van der Waals surface area contributed by atoms with E-state index < -0.39 is 11.6 Å². The minimum Gasteiger partial charge on any atom is -0.374 e. The summed E-state index contributed by atoms with van der Waals surface area (Å²) in [7, 11) is 0. The molecule has 1 aliphatic rings. The molecule has 1 N–H and O–H groups in total. The third-order valence-electron chi connectivity index (χ3n) is 5.90. The van der Waals surface area contributed by atoms with Gasteiger partial charge in [-0.15, -0.1) is 0 Å². The summed E-state index contributed by atoms with van der Waals surface area (Å²) in [5.41, 5.74) is 1.06. The number of hydrogen-bond donors (Lipinski definition) is 1. The minimum atomic E-state index is -0.477. The standard InChI is InChI=1S/C24H27F2N5O3/c25-17-6-7-20(26)18(15-17)21-5-4-10-30(21)22-8-11-31-23(29-22)19(16-28-31)24(33)27-9-2-1-3-13-34-14-12-32/h6-8,11-12,15-16,21H,1-5,9-10,13-14H2,(H,27,33)/t21-/m1/s1. The zero-order valence-corrected chi connectivity index (χ0v) is 18.8. The summed E-state index contributed by atoms with van der Waals surface area (Å²) < 4.78 is 34.8. The van der Waals surface area contributed by atoms with Crippen LogP contribution in [0.2, 0.25) is 0 Å². The highest BCUT2D eigenvalue weighted by molar-refractivity contribution is 5.99. The summed E-state index contributed by atoms with van der Waals surface area (Å²) in [5.74, 6) is -0.608. The summed E-state index contributed by atoms with van der Waals surface area (Å²) in [4.78, 5) is 29.5. The van der Waals surface area contributed by atoms with Crippen LogP contribution in [0, 0.1) is 11.6 Å². The number of unbranched alkanes of at least 4 members (excludes halogenated alkanes) is 2. The molecule has 1 amide bonds. The van der Waals surface area contributed by atoms with Gasteiger partial charge in [-0.2, -0.15) is 5.10 Å². The van der Waals surface area contributed by atoms with Gasteiger partial charge in [-0.1, -0.05) is 0 Å². The Hall–Kier alpha value is -3.40. The molecule has 8 nitrogen and oxygen atoms in total. The Morgan fingerprint density at radius 1 is 1.24 bits per heavy atom. The van der Waals surface area contributed by atoms with Gasteiger partial charge in [-0.3, -0.25) is 4.79 Å². The lowest BCUT2D eigenvalue weighted by Crippen LogP contribution is -2.26. The van der Waals surface area contributed by atoms with Gasteiger partial charge in [0.15, 0.2) is 5.65 Å². The number of aromatic nitrogens is 3. The molecule has 3 heterocycles. The average Bonchev–Trinajstić information content (AvgIpc) is 3.49. The Bertz CT molecular complexity index is 1150. The molecular weight excluding hydrogens is 444 g/mol. The highest BCUT2D eigenvalue weighted by atomic mass is 19.1. The van der Waals surface area contributed by atoms with Crippen molar-refractivity contribution in [2.45, 2.75) is 38.1 Å². The Labute approximate surface area is 195 Å². The van der Waals surface area contributed by atoms with E-state index in [1.165, 1.54) is 16.8 Å². The molecule has 180 valence electrons. The van der Waals surface area contributed by atoms with Gasteiger partial charge in [-0.05, 0) is 56.4 Å². The van der Waals surface area contributed by atoms with E-state index in [1.807, 2.05) is 4.90 Å². The highest BCUT2D eigenvalue weighted by Crippen LogP contribution is 2.36. The number of hydrogen-bond acceptors (Lipinski definition) is 6. The highest BCUT2D eigenvalue weighted by Gasteiger charge is 2.30. The molecule has 0 aliphatic carbocycles. The second-order valence-corrected chi connectivity index (χ2v) is 8.19. The number of fused-ring (bicyclic) bond motifs is 1. The molecule has 3 aromatic rings. The van der Waals surface area contributed by atoms with E-state index in [0.717, 1.165) is 44.1 Å². The van der Waals surface area contributed by atoms with Gasteiger partial charge in [0, 0.05) is 31.5 Å². The average molecular weight is 472 g/mol. The van der Waals surface area contributed by atoms with Crippen molar-refractivity contribution in [3.8, 4) is 0 Å². The van der Waals surface area contributed by atoms with Crippen molar-refractivity contribution in [1.82, 2.24) is 19.9 Å². The van der Waals surface area contributed by atoms with Crippen LogP contribution in [0.25, 0.3) is 5.65 Å². The predicted octanol–water partition coefficient (Wildman–Crippen LogP) is 3.46. The summed E-state index contributed by atoms with van der Waals surface area (Å²) in [6.45, 7) is 1.77. The number of aldehydes is 1. The van der Waals surface area contributed by atoms with Crippen LogP contribution < -0.4 is 10.2 Å². The first-order valence-corrected chi connectivity index (χ1v) is 11.4. The Balaban J connectivity index is 1.43. The summed E-state index contributed by atoms with van der Waals surface area (Å²) in [6.07, 6.45) is 7.87. The van der Waals surface area contributed by atoms with E-state index in [-0.39, 0.29) is 18.6 Å². The molecule has 1 aromatic carbocycles. The lowest BCUT2D eigenvalue weighted by molar-refractivity contribution is -0.111. The Kier molecular flexibility index (Phi) is 7.79. The zero-order valence-electron chi connectivity index (χ0n) is 18.8. The van der Waals surface area contributed by atoms with Crippen LogP contribution in [0.5, 0.6) is 0 Å². The monoisotopic (exact) mass is 471 g/mol. The van der Waals surface area contributed by atoms with Crippen LogP contribution in [0.4, 0.5) is 14.6 Å². The van der Waals surface area contributed by atoms with Crippen LogP contribution in [0.15, 0.2) is 36.7 Å². The molecule has 0 saturated carbocycles. The molecular formula is C24H27F2N5O3. The minimum absolute atomic E-state index is 0.107. The number of nitrogens with zero attached hydrogens (tertiary/aromatic N) is 4. The number of rotatable bonds is 11. The van der Waals surface area contributed by atoms with Gasteiger partial charge in [0.05, 0.1) is 12.2 Å². The Morgan fingerprint density at radius 3 is 2.97 bits per heavy atom. The van der Waals surface area contributed by atoms with Crippen molar-refractivity contribution >= 4 is 23.7 Å². The molecule has 10 heteroatoms. The topological polar surface area (TPSA) is 88.8 Å². The molecule has 34 heavy (non-hydrogen) atoms. The number of benzene rings is 1. The van der Waals surface area contributed by atoms with Crippen LogP contribution in [-0.4, -0.2) is 53.1 Å². The smallest absolute Gasteiger partial charge is 0.256 e. The first kappa shape index (κ1) is 23.7. The second kappa shape index (κ2) is 11.1. The van der Waals surface area contributed by atoms with Gasteiger partial charge >= 0.3 is 0 Å². The first-order chi connectivity index (χ1) is 16.6. The third-order valence-corrected chi connectivity index (χ3v) is 5.90. The van der Waals surface area contributed by atoms with E-state index in [0.29, 0.717) is 48.7 Å². The largest absolute Gasteiger partial charge is 0.374 e. The molecule has 1 aliphatic heterocycles. The normalized spacial score (nSPS) is 15.7. The number of carbonyl (C=O) groups is 2. The van der Waals surface area contributed by atoms with E-state index in [1.54, 1.807) is 12.3 Å².